The van der Waals surface area contributed by atoms with Crippen LogP contribution in [0, 0.1) is 92.7 Å². The molecule has 0 saturated heterocycles. The lowest BCUT2D eigenvalue weighted by molar-refractivity contribution is -0.178. The summed E-state index contributed by atoms with van der Waals surface area (Å²) in [6.07, 6.45) is 21.2. The molecule has 0 spiro atoms. The molecule has 8 aliphatic rings. The van der Waals surface area contributed by atoms with Gasteiger partial charge in [0.05, 0.1) is 51.4 Å². The molecule has 67 heavy (non-hydrogen) atoms. The van der Waals surface area contributed by atoms with E-state index in [0.717, 1.165) is 77.0 Å². The number of esters is 3. The van der Waals surface area contributed by atoms with E-state index in [2.05, 4.69) is 51.9 Å². The van der Waals surface area contributed by atoms with Gasteiger partial charge in [-0.25, -0.2) is 9.48 Å². The standard InChI is InChI=1S/C55H87N3O9/c1-32(9-19-49(61)64-7)40-15-17-42-38-13-11-34-27-36(21-23-52(34,3)44(38)29-47(59)54(40,42)5)58-31-46(56-57-58)51(63)67-26-25-66-37-22-24-53(4)35(28-37)12-14-39-43-18-16-41(33(2)10-20-50(62)65-8)55(43,6)48(60)30-45(39)53/h31-45,47-48,59-60H,9-30H2,1-8H3/t32-,33-,34-,35-,36+,37+,38+,39+,40-,41-,42+,43+,44+,45+,47+,48+,52+,53+,54-,55-/m1/s1. The number of methoxy groups -OCH3 is 2. The van der Waals surface area contributed by atoms with Crippen LogP contribution in [0.25, 0.3) is 0 Å². The maximum Gasteiger partial charge on any atom is 0.360 e. The summed E-state index contributed by atoms with van der Waals surface area (Å²) in [7, 11) is 2.93. The summed E-state index contributed by atoms with van der Waals surface area (Å²) >= 11 is 0. The number of nitrogens with zero attached hydrogens (tertiary/aromatic N) is 3. The van der Waals surface area contributed by atoms with E-state index in [1.165, 1.54) is 52.7 Å². The summed E-state index contributed by atoms with van der Waals surface area (Å²) in [5.41, 5.74) is 0.423. The number of hydrogen-bond donors (Lipinski definition) is 2. The van der Waals surface area contributed by atoms with E-state index in [1.807, 2.05) is 4.68 Å². The van der Waals surface area contributed by atoms with E-state index < -0.39 is 5.97 Å². The zero-order chi connectivity index (χ0) is 47.6. The van der Waals surface area contributed by atoms with Crippen LogP contribution in [0.3, 0.4) is 0 Å². The van der Waals surface area contributed by atoms with Crippen LogP contribution in [0.4, 0.5) is 0 Å². The highest BCUT2D eigenvalue weighted by Gasteiger charge is 2.65. The second kappa shape index (κ2) is 19.2. The summed E-state index contributed by atoms with van der Waals surface area (Å²) in [4.78, 5) is 37.2. The van der Waals surface area contributed by atoms with Gasteiger partial charge >= 0.3 is 17.9 Å². The topological polar surface area (TPSA) is 159 Å². The predicted molar refractivity (Wildman–Crippen MR) is 253 cm³/mol. The lowest BCUT2D eigenvalue weighted by Gasteiger charge is -2.62. The molecule has 12 nitrogen and oxygen atoms in total. The number of aliphatic hydroxyl groups is 2. The van der Waals surface area contributed by atoms with Crippen LogP contribution in [-0.2, 0) is 28.5 Å². The molecular weight excluding hydrogens is 847 g/mol. The molecule has 2 N–H and O–H groups in total. The van der Waals surface area contributed by atoms with Crippen molar-refractivity contribution in [2.75, 3.05) is 27.4 Å². The third-order valence-electron chi connectivity index (χ3n) is 22.8. The molecule has 0 aromatic carbocycles. The number of hydrogen-bond acceptors (Lipinski definition) is 11. The molecule has 1 aromatic heterocycles. The SMILES string of the molecule is COC(=O)CC[C@@H](C)[C@H]1CC[C@H]2[C@@H]3CC[C@@H]4C[C@@H](OCCOC(=O)c5cn([C@H]6CC[C@@]7(C)[C@H](CC[C@@H]8[C@@H]7C[C@H](O)[C@]7(C)[C@@H]([C@H](C)CCC(=O)OC)CC[C@@H]87)C6)nn5)CC[C@]4(C)[C@H]3C[C@H](O)[C@]12C. The Labute approximate surface area is 401 Å². The average Bonchev–Trinajstić information content (AvgIpc) is 4.06. The summed E-state index contributed by atoms with van der Waals surface area (Å²) in [5.74, 6) is 5.35. The van der Waals surface area contributed by atoms with Gasteiger partial charge in [0.1, 0.15) is 6.61 Å². The van der Waals surface area contributed by atoms with E-state index in [9.17, 15) is 24.6 Å². The summed E-state index contributed by atoms with van der Waals surface area (Å²) in [6, 6.07) is 0.189. The Morgan fingerprint density at radius 2 is 1.19 bits per heavy atom. The Balaban J connectivity index is 0.729. The molecule has 0 bridgehead atoms. The molecule has 0 unspecified atom stereocenters. The fraction of sp³-hybridized carbons (Fsp3) is 0.909. The van der Waals surface area contributed by atoms with Crippen LogP contribution in [0.15, 0.2) is 6.20 Å². The Kier molecular flexibility index (Phi) is 14.2. The highest BCUT2D eigenvalue weighted by molar-refractivity contribution is 5.86. The normalized spacial score (nSPS) is 45.2. The minimum atomic E-state index is -0.450. The lowest BCUT2D eigenvalue weighted by Crippen LogP contribution is -2.59. The third-order valence-corrected chi connectivity index (χ3v) is 22.8. The van der Waals surface area contributed by atoms with Gasteiger partial charge in [0, 0.05) is 12.8 Å². The Bertz CT molecular complexity index is 1940. The van der Waals surface area contributed by atoms with Gasteiger partial charge in [-0.05, 0) is 208 Å². The van der Waals surface area contributed by atoms with E-state index in [-0.39, 0.29) is 70.3 Å². The van der Waals surface area contributed by atoms with Crippen molar-refractivity contribution < 1.29 is 43.5 Å². The van der Waals surface area contributed by atoms with E-state index in [1.54, 1.807) is 6.20 Å². The van der Waals surface area contributed by atoms with E-state index >= 15 is 0 Å². The summed E-state index contributed by atoms with van der Waals surface area (Å²) in [6.45, 7) is 14.9. The third kappa shape index (κ3) is 8.54. The van der Waals surface area contributed by atoms with Crippen LogP contribution in [-0.4, -0.2) is 88.9 Å². The van der Waals surface area contributed by atoms with E-state index in [4.69, 9.17) is 18.9 Å². The molecule has 20 atom stereocenters. The van der Waals surface area contributed by atoms with Crippen molar-refractivity contribution in [3.05, 3.63) is 11.9 Å². The van der Waals surface area contributed by atoms with Gasteiger partial charge < -0.3 is 29.2 Å². The number of rotatable bonds is 14. The molecule has 376 valence electrons. The average molecular weight is 934 g/mol. The molecule has 0 aliphatic heterocycles. The summed E-state index contributed by atoms with van der Waals surface area (Å²) in [5, 5.41) is 32.8. The van der Waals surface area contributed by atoms with Gasteiger partial charge in [0.2, 0.25) is 0 Å². The first-order chi connectivity index (χ1) is 32.0. The Hall–Kier alpha value is -2.57. The van der Waals surface area contributed by atoms with Crippen molar-refractivity contribution in [3.8, 4) is 0 Å². The first-order valence-electron chi connectivity index (χ1n) is 27.2. The fourth-order valence-electron chi connectivity index (χ4n) is 19.0. The van der Waals surface area contributed by atoms with Crippen LogP contribution < -0.4 is 0 Å². The zero-order valence-electron chi connectivity index (χ0n) is 42.5. The molecule has 1 heterocycles. The second-order valence-electron chi connectivity index (χ2n) is 25.0. The Morgan fingerprint density at radius 3 is 1.73 bits per heavy atom. The zero-order valence-corrected chi connectivity index (χ0v) is 42.5. The second-order valence-corrected chi connectivity index (χ2v) is 25.0. The summed E-state index contributed by atoms with van der Waals surface area (Å²) < 4.78 is 24.0. The van der Waals surface area contributed by atoms with Gasteiger partial charge in [-0.2, -0.15) is 0 Å². The number of carbonyl (C=O) groups is 3. The van der Waals surface area contributed by atoms with Crippen LogP contribution >= 0.6 is 0 Å². The number of carbonyl (C=O) groups excluding carboxylic acids is 3. The van der Waals surface area contributed by atoms with Crippen molar-refractivity contribution in [2.45, 2.75) is 194 Å². The van der Waals surface area contributed by atoms with Crippen molar-refractivity contribution >= 4 is 17.9 Å². The smallest absolute Gasteiger partial charge is 0.360 e. The number of fused-ring (bicyclic) bond motifs is 10. The monoisotopic (exact) mass is 934 g/mol. The quantitative estimate of drug-likeness (QED) is 0.104. The molecule has 9 rings (SSSR count). The number of ether oxygens (including phenoxy) is 4. The first kappa shape index (κ1) is 49.4. The largest absolute Gasteiger partial charge is 0.469 e. The van der Waals surface area contributed by atoms with Crippen molar-refractivity contribution in [2.24, 2.45) is 92.7 Å². The van der Waals surface area contributed by atoms with Crippen molar-refractivity contribution in [1.82, 2.24) is 15.0 Å². The van der Waals surface area contributed by atoms with Crippen molar-refractivity contribution in [3.63, 3.8) is 0 Å². The van der Waals surface area contributed by atoms with Crippen LogP contribution in [0.1, 0.15) is 186 Å². The number of aromatic nitrogens is 3. The molecule has 8 saturated carbocycles. The first-order valence-corrected chi connectivity index (χ1v) is 27.2. The van der Waals surface area contributed by atoms with Gasteiger partial charge in [-0.3, -0.25) is 9.59 Å². The van der Waals surface area contributed by atoms with Gasteiger partial charge in [-0.15, -0.1) is 5.10 Å². The molecule has 8 fully saturated rings. The molecule has 12 heteroatoms. The highest BCUT2D eigenvalue weighted by atomic mass is 16.6. The maximum absolute atomic E-state index is 13.3. The van der Waals surface area contributed by atoms with Crippen LogP contribution in [0.5, 0.6) is 0 Å². The fourth-order valence-corrected chi connectivity index (χ4v) is 19.0. The highest BCUT2D eigenvalue weighted by Crippen LogP contribution is 2.70. The Morgan fingerprint density at radius 1 is 0.672 bits per heavy atom. The van der Waals surface area contributed by atoms with Gasteiger partial charge in [-0.1, -0.05) is 46.8 Å². The van der Waals surface area contributed by atoms with Gasteiger partial charge in [0.25, 0.3) is 0 Å². The molecule has 8 aliphatic carbocycles. The molecule has 1 aromatic rings. The van der Waals surface area contributed by atoms with Crippen molar-refractivity contribution in [1.29, 1.82) is 0 Å². The maximum atomic E-state index is 13.3. The van der Waals surface area contributed by atoms with Crippen LogP contribution in [0.2, 0.25) is 0 Å². The number of aliphatic hydroxyl groups excluding tert-OH is 2. The minimum Gasteiger partial charge on any atom is -0.469 e. The predicted octanol–water partition coefficient (Wildman–Crippen LogP) is 9.80. The lowest BCUT2D eigenvalue weighted by atomic mass is 9.43. The molecular formula is C55H87N3O9. The minimum absolute atomic E-state index is 0.0931. The van der Waals surface area contributed by atoms with E-state index in [0.29, 0.717) is 90.5 Å². The molecule has 0 amide bonds. The van der Waals surface area contributed by atoms with Gasteiger partial charge in [0.15, 0.2) is 5.69 Å². The molecule has 0 radical (unpaired) electrons.